The fourth-order valence-corrected chi connectivity index (χ4v) is 2.83. The van der Waals surface area contributed by atoms with Gasteiger partial charge in [-0.3, -0.25) is 0 Å². The molecule has 1 aromatic heterocycles. The van der Waals surface area contributed by atoms with Crippen LogP contribution in [-0.4, -0.2) is 5.97 Å². The lowest BCUT2D eigenvalue weighted by atomic mass is 10.1. The Bertz CT molecular complexity index is 1060. The molecule has 25 heavy (non-hydrogen) atoms. The van der Waals surface area contributed by atoms with Crippen LogP contribution < -0.4 is 0 Å². The van der Waals surface area contributed by atoms with Crippen molar-refractivity contribution in [3.05, 3.63) is 90.0 Å². The van der Waals surface area contributed by atoms with Gasteiger partial charge in [-0.2, -0.15) is 0 Å². The minimum atomic E-state index is -0.378. The van der Waals surface area contributed by atoms with Crippen LogP contribution in [0, 0.1) is 0 Å². The second-order valence-electron chi connectivity index (χ2n) is 5.75. The van der Waals surface area contributed by atoms with E-state index in [0.29, 0.717) is 0 Å². The van der Waals surface area contributed by atoms with Crippen molar-refractivity contribution >= 4 is 34.0 Å². The maximum absolute atomic E-state index is 12.0. The minimum Gasteiger partial charge on any atom is -0.458 e. The Kier molecular flexibility index (Phi) is 4.05. The van der Waals surface area contributed by atoms with Crippen molar-refractivity contribution in [1.82, 2.24) is 0 Å². The lowest BCUT2D eigenvalue weighted by Gasteiger charge is -2.01. The SMILES string of the molecule is O=C(/C=C/c1cccc2c1oc1ccccc12)OCc1ccccc1. The molecule has 0 radical (unpaired) electrons. The van der Waals surface area contributed by atoms with Gasteiger partial charge in [0.1, 0.15) is 17.8 Å². The number of para-hydroxylation sites is 2. The molecule has 122 valence electrons. The fraction of sp³-hybridized carbons (Fsp3) is 0.0455. The molecule has 0 N–H and O–H groups in total. The summed E-state index contributed by atoms with van der Waals surface area (Å²) < 4.78 is 11.2. The van der Waals surface area contributed by atoms with E-state index in [1.165, 1.54) is 6.08 Å². The topological polar surface area (TPSA) is 39.4 Å². The molecule has 0 spiro atoms. The highest BCUT2D eigenvalue weighted by molar-refractivity contribution is 6.07. The van der Waals surface area contributed by atoms with E-state index in [4.69, 9.17) is 9.15 Å². The predicted molar refractivity (Wildman–Crippen MR) is 99.0 cm³/mol. The summed E-state index contributed by atoms with van der Waals surface area (Å²) in [5.74, 6) is -0.378. The third kappa shape index (κ3) is 3.17. The predicted octanol–water partition coefficient (Wildman–Crippen LogP) is 5.34. The Morgan fingerprint density at radius 2 is 1.64 bits per heavy atom. The molecule has 0 unspecified atom stereocenters. The number of hydrogen-bond acceptors (Lipinski definition) is 3. The summed E-state index contributed by atoms with van der Waals surface area (Å²) >= 11 is 0. The number of carbonyl (C=O) groups excluding carboxylic acids is 1. The Balaban J connectivity index is 1.55. The van der Waals surface area contributed by atoms with Crippen LogP contribution in [0.25, 0.3) is 28.0 Å². The van der Waals surface area contributed by atoms with Crippen LogP contribution in [0.3, 0.4) is 0 Å². The van der Waals surface area contributed by atoms with E-state index < -0.39 is 0 Å². The molecule has 0 atom stereocenters. The summed E-state index contributed by atoms with van der Waals surface area (Å²) in [5, 5.41) is 2.11. The number of ether oxygens (including phenoxy) is 1. The zero-order valence-corrected chi connectivity index (χ0v) is 13.5. The van der Waals surface area contributed by atoms with E-state index in [0.717, 1.165) is 33.1 Å². The summed E-state index contributed by atoms with van der Waals surface area (Å²) in [5.41, 5.74) is 3.43. The van der Waals surface area contributed by atoms with Gasteiger partial charge in [0.2, 0.25) is 0 Å². The molecular weight excluding hydrogens is 312 g/mol. The fourth-order valence-electron chi connectivity index (χ4n) is 2.83. The molecule has 4 rings (SSSR count). The summed E-state index contributed by atoms with van der Waals surface area (Å²) in [6, 6.07) is 23.4. The lowest BCUT2D eigenvalue weighted by Crippen LogP contribution is -2.00. The molecule has 4 aromatic rings. The number of furan rings is 1. The normalized spacial score (nSPS) is 11.4. The Morgan fingerprint density at radius 3 is 2.52 bits per heavy atom. The second-order valence-corrected chi connectivity index (χ2v) is 5.75. The lowest BCUT2D eigenvalue weighted by molar-refractivity contribution is -0.138. The van der Waals surface area contributed by atoms with Gasteiger partial charge in [0, 0.05) is 22.4 Å². The summed E-state index contributed by atoms with van der Waals surface area (Å²) in [4.78, 5) is 12.0. The third-order valence-corrected chi connectivity index (χ3v) is 4.06. The summed E-state index contributed by atoms with van der Waals surface area (Å²) in [6.07, 6.45) is 3.17. The number of esters is 1. The molecule has 0 aliphatic heterocycles. The van der Waals surface area contributed by atoms with E-state index >= 15 is 0 Å². The molecule has 0 bridgehead atoms. The van der Waals surface area contributed by atoms with E-state index in [1.54, 1.807) is 6.08 Å². The Labute approximate surface area is 145 Å². The summed E-state index contributed by atoms with van der Waals surface area (Å²) in [6.45, 7) is 0.263. The monoisotopic (exact) mass is 328 g/mol. The first-order valence-electron chi connectivity index (χ1n) is 8.10. The third-order valence-electron chi connectivity index (χ3n) is 4.06. The van der Waals surface area contributed by atoms with Gasteiger partial charge in [-0.25, -0.2) is 4.79 Å². The van der Waals surface area contributed by atoms with Crippen LogP contribution in [0.4, 0.5) is 0 Å². The molecule has 1 heterocycles. The van der Waals surface area contributed by atoms with Crippen molar-refractivity contribution in [2.45, 2.75) is 6.61 Å². The van der Waals surface area contributed by atoms with Gasteiger partial charge in [0.25, 0.3) is 0 Å². The first kappa shape index (κ1) is 15.2. The molecule has 0 aliphatic rings. The molecule has 0 saturated heterocycles. The highest BCUT2D eigenvalue weighted by atomic mass is 16.5. The van der Waals surface area contributed by atoms with Crippen molar-refractivity contribution in [3.8, 4) is 0 Å². The Hall–Kier alpha value is -3.33. The molecule has 3 aromatic carbocycles. The molecule has 0 saturated carbocycles. The number of benzene rings is 3. The maximum Gasteiger partial charge on any atom is 0.331 e. The molecular formula is C22H16O3. The highest BCUT2D eigenvalue weighted by Crippen LogP contribution is 2.31. The van der Waals surface area contributed by atoms with Gasteiger partial charge in [0.15, 0.2) is 0 Å². The van der Waals surface area contributed by atoms with Crippen molar-refractivity contribution in [3.63, 3.8) is 0 Å². The highest BCUT2D eigenvalue weighted by Gasteiger charge is 2.08. The van der Waals surface area contributed by atoms with Crippen molar-refractivity contribution < 1.29 is 13.9 Å². The average Bonchev–Trinajstić information content (AvgIpc) is 3.05. The Morgan fingerprint density at radius 1 is 0.880 bits per heavy atom. The van der Waals surface area contributed by atoms with Crippen molar-refractivity contribution in [1.29, 1.82) is 0 Å². The molecule has 3 heteroatoms. The molecule has 3 nitrogen and oxygen atoms in total. The van der Waals surface area contributed by atoms with Gasteiger partial charge in [-0.1, -0.05) is 66.7 Å². The summed E-state index contributed by atoms with van der Waals surface area (Å²) in [7, 11) is 0. The van der Waals surface area contributed by atoms with Gasteiger partial charge >= 0.3 is 5.97 Å². The van der Waals surface area contributed by atoms with E-state index in [2.05, 4.69) is 0 Å². The minimum absolute atomic E-state index is 0.263. The van der Waals surface area contributed by atoms with Gasteiger partial charge < -0.3 is 9.15 Å². The quantitative estimate of drug-likeness (QED) is 0.375. The second kappa shape index (κ2) is 6.65. The van der Waals surface area contributed by atoms with Crippen LogP contribution in [0.15, 0.2) is 83.3 Å². The largest absolute Gasteiger partial charge is 0.458 e. The van der Waals surface area contributed by atoms with E-state index in [9.17, 15) is 4.79 Å². The molecule has 0 fully saturated rings. The van der Waals surface area contributed by atoms with Crippen molar-refractivity contribution in [2.24, 2.45) is 0 Å². The first-order chi connectivity index (χ1) is 12.3. The van der Waals surface area contributed by atoms with Crippen LogP contribution in [0.1, 0.15) is 11.1 Å². The number of hydrogen-bond donors (Lipinski definition) is 0. The number of fused-ring (bicyclic) bond motifs is 3. The zero-order chi connectivity index (χ0) is 17.1. The first-order valence-corrected chi connectivity index (χ1v) is 8.10. The van der Waals surface area contributed by atoms with Gasteiger partial charge in [0.05, 0.1) is 0 Å². The van der Waals surface area contributed by atoms with Crippen LogP contribution >= 0.6 is 0 Å². The van der Waals surface area contributed by atoms with Crippen LogP contribution in [-0.2, 0) is 16.1 Å². The van der Waals surface area contributed by atoms with Crippen LogP contribution in [0.5, 0.6) is 0 Å². The standard InChI is InChI=1S/C22H16O3/c23-21(24-15-16-7-2-1-3-8-16)14-13-17-9-6-11-19-18-10-4-5-12-20(18)25-22(17)19/h1-14H,15H2/b14-13+. The molecule has 0 aliphatic carbocycles. The zero-order valence-electron chi connectivity index (χ0n) is 13.5. The van der Waals surface area contributed by atoms with Crippen LogP contribution in [0.2, 0.25) is 0 Å². The maximum atomic E-state index is 12.0. The smallest absolute Gasteiger partial charge is 0.331 e. The van der Waals surface area contributed by atoms with Crippen molar-refractivity contribution in [2.75, 3.05) is 0 Å². The van der Waals surface area contributed by atoms with E-state index in [1.807, 2.05) is 72.8 Å². The van der Waals surface area contributed by atoms with Gasteiger partial charge in [-0.05, 0) is 17.7 Å². The molecule has 0 amide bonds. The van der Waals surface area contributed by atoms with Gasteiger partial charge in [-0.15, -0.1) is 0 Å². The van der Waals surface area contributed by atoms with E-state index in [-0.39, 0.29) is 12.6 Å². The average molecular weight is 328 g/mol. The number of carbonyl (C=O) groups is 1. The number of rotatable bonds is 4.